The van der Waals surface area contributed by atoms with Gasteiger partial charge in [-0.3, -0.25) is 24.2 Å². The molecule has 3 fully saturated rings. The average molecular weight is 946 g/mol. The molecule has 4 aromatic rings. The van der Waals surface area contributed by atoms with E-state index in [2.05, 4.69) is 47.6 Å². The van der Waals surface area contributed by atoms with Crippen LogP contribution in [0.3, 0.4) is 0 Å². The van der Waals surface area contributed by atoms with Crippen molar-refractivity contribution >= 4 is 40.1 Å². The summed E-state index contributed by atoms with van der Waals surface area (Å²) >= 11 is 0. The Labute approximate surface area is 404 Å². The van der Waals surface area contributed by atoms with E-state index in [1.807, 2.05) is 62.2 Å². The molecule has 1 saturated carbocycles. The molecule has 2 bridgehead atoms. The highest BCUT2D eigenvalue weighted by Crippen LogP contribution is 2.67. The number of aromatic amines is 1. The topological polar surface area (TPSA) is 229 Å². The number of anilines is 1. The first kappa shape index (κ1) is 44.3. The SMILES string of the molecule is [3H]c1cc(C(=O)NCCNC(=O)C2(O)C(O)C3(CC)C=CCN4CCC5(c6cc(C7(C(=O)OC)CC8CN(CCc9c7[nH]c7ccccc97)CC(O)(CC)C8)c(OC)cc6N(C)C25)C43)cc([3H])c1N=[N+]=[N-]. The molecule has 10 unspecified atom stereocenters. The molecule has 1 aliphatic carbocycles. The zero-order chi connectivity index (χ0) is 50.4. The van der Waals surface area contributed by atoms with Crippen LogP contribution in [0.25, 0.3) is 21.3 Å². The van der Waals surface area contributed by atoms with Crippen LogP contribution in [0.5, 0.6) is 5.75 Å². The molecule has 69 heavy (non-hydrogen) atoms. The number of carbonyl (C=O) groups excluding carboxylic acids is 3. The first-order valence-corrected chi connectivity index (χ1v) is 24.2. The molecule has 0 radical (unpaired) electrons. The van der Waals surface area contributed by atoms with Gasteiger partial charge in [0.25, 0.3) is 11.8 Å². The first-order valence-electron chi connectivity index (χ1n) is 25.2. The molecule has 3 aromatic carbocycles. The smallest absolute Gasteiger partial charge is 0.322 e. The lowest BCUT2D eigenvalue weighted by Gasteiger charge is -2.63. The highest BCUT2D eigenvalue weighted by atomic mass is 16.5. The molecule has 5 aliphatic heterocycles. The molecule has 2 amide bonds. The number of hydrogen-bond donors (Lipinski definition) is 6. The maximum absolute atomic E-state index is 15.5. The van der Waals surface area contributed by atoms with E-state index < -0.39 is 57.4 Å². The number of para-hydroxylation sites is 1. The van der Waals surface area contributed by atoms with Gasteiger partial charge in [0, 0.05) is 113 Å². The van der Waals surface area contributed by atoms with Gasteiger partial charge in [-0.15, -0.1) is 0 Å². The number of hydrogen-bond acceptors (Lipinski definition) is 12. The molecule has 17 nitrogen and oxygen atoms in total. The summed E-state index contributed by atoms with van der Waals surface area (Å²) in [5.41, 5.74) is 6.26. The van der Waals surface area contributed by atoms with Gasteiger partial charge >= 0.3 is 5.97 Å². The molecule has 2 saturated heterocycles. The number of H-pyrrole nitrogens is 1. The monoisotopic (exact) mass is 945 g/mol. The molecule has 10 rings (SSSR count). The minimum Gasteiger partial charge on any atom is -0.496 e. The number of azide groups is 1. The van der Waals surface area contributed by atoms with Crippen LogP contribution in [-0.4, -0.2) is 144 Å². The summed E-state index contributed by atoms with van der Waals surface area (Å²) in [5.74, 6) is -1.67. The third-order valence-corrected chi connectivity index (χ3v) is 17.0. The average Bonchev–Trinajstić information content (AvgIpc) is 4.03. The van der Waals surface area contributed by atoms with Crippen molar-refractivity contribution in [3.63, 3.8) is 0 Å². The van der Waals surface area contributed by atoms with Crippen molar-refractivity contribution < 1.29 is 41.9 Å². The lowest BCUT2D eigenvalue weighted by atomic mass is 9.47. The van der Waals surface area contributed by atoms with Gasteiger partial charge in [0.2, 0.25) is 0 Å². The van der Waals surface area contributed by atoms with E-state index >= 15 is 9.59 Å². The molecule has 6 N–H and O–H groups in total. The Morgan fingerprint density at radius 3 is 2.51 bits per heavy atom. The number of rotatable bonds is 11. The Balaban J connectivity index is 1.10. The van der Waals surface area contributed by atoms with Crippen molar-refractivity contribution in [2.45, 2.75) is 92.6 Å². The van der Waals surface area contributed by atoms with Crippen LogP contribution < -0.4 is 20.3 Å². The molecule has 1 spiro atoms. The van der Waals surface area contributed by atoms with E-state index in [0.717, 1.165) is 22.0 Å². The maximum Gasteiger partial charge on any atom is 0.322 e. The summed E-state index contributed by atoms with van der Waals surface area (Å²) in [5, 5.41) is 48.4. The van der Waals surface area contributed by atoms with Crippen LogP contribution in [0.1, 0.15) is 81.4 Å². The summed E-state index contributed by atoms with van der Waals surface area (Å²) in [7, 11) is 4.81. The van der Waals surface area contributed by atoms with Gasteiger partial charge in [0.15, 0.2) is 5.60 Å². The molecule has 6 heterocycles. The summed E-state index contributed by atoms with van der Waals surface area (Å²) in [4.78, 5) is 56.7. The summed E-state index contributed by atoms with van der Waals surface area (Å²) in [6, 6.07) is 12.4. The quantitative estimate of drug-likeness (QED) is 0.0301. The van der Waals surface area contributed by atoms with Crippen molar-refractivity contribution in [2.24, 2.45) is 16.4 Å². The van der Waals surface area contributed by atoms with Crippen molar-refractivity contribution in [1.29, 1.82) is 0 Å². The number of nitrogens with one attached hydrogen (secondary N) is 3. The van der Waals surface area contributed by atoms with Gasteiger partial charge in [-0.05, 0) is 91.9 Å². The van der Waals surface area contributed by atoms with Crippen LogP contribution in [0.2, 0.25) is 0 Å². The predicted molar refractivity (Wildman–Crippen MR) is 259 cm³/mol. The fraction of sp³-hybridized carbons (Fsp3) is 0.519. The zero-order valence-corrected chi connectivity index (χ0v) is 39.8. The number of carbonyl (C=O) groups is 3. The number of aromatic nitrogens is 1. The van der Waals surface area contributed by atoms with E-state index in [9.17, 15) is 20.1 Å². The number of piperidine rings is 1. The number of fused-ring (bicyclic) bond motifs is 6. The zero-order valence-electron chi connectivity index (χ0n) is 41.8. The minimum atomic E-state index is -2.44. The second kappa shape index (κ2) is 17.2. The molecule has 10 atom stereocenters. The predicted octanol–water partition coefficient (Wildman–Crippen LogP) is 4.74. The minimum absolute atomic E-state index is 0.00896. The van der Waals surface area contributed by atoms with E-state index in [4.69, 9.17) is 17.7 Å². The lowest BCUT2D eigenvalue weighted by molar-refractivity contribution is -0.203. The second-order valence-corrected chi connectivity index (χ2v) is 20.2. The number of amides is 2. The normalized spacial score (nSPS) is 33.5. The highest BCUT2D eigenvalue weighted by Gasteiger charge is 2.78. The van der Waals surface area contributed by atoms with Gasteiger partial charge in [-0.2, -0.15) is 0 Å². The molecule has 1 aromatic heterocycles. The fourth-order valence-corrected chi connectivity index (χ4v) is 14.2. The van der Waals surface area contributed by atoms with E-state index in [-0.39, 0.29) is 54.8 Å². The van der Waals surface area contributed by atoms with Crippen molar-refractivity contribution in [2.75, 3.05) is 72.0 Å². The van der Waals surface area contributed by atoms with Gasteiger partial charge in [-0.1, -0.05) is 61.4 Å². The highest BCUT2D eigenvalue weighted by molar-refractivity contribution is 5.96. The Kier molecular flexibility index (Phi) is 11.0. The number of aliphatic hydroxyl groups is 3. The largest absolute Gasteiger partial charge is 0.496 e. The number of esters is 1. The van der Waals surface area contributed by atoms with Crippen LogP contribution in [-0.2, 0) is 31.6 Å². The van der Waals surface area contributed by atoms with Gasteiger partial charge in [-0.25, -0.2) is 0 Å². The summed E-state index contributed by atoms with van der Waals surface area (Å²) in [6.07, 6.45) is 5.19. The van der Waals surface area contributed by atoms with Crippen molar-refractivity contribution in [3.05, 3.63) is 111 Å². The molecule has 364 valence electrons. The number of benzene rings is 3. The third kappa shape index (κ3) is 6.75. The Morgan fingerprint density at radius 2 is 1.78 bits per heavy atom. The Bertz CT molecular complexity index is 2900. The van der Waals surface area contributed by atoms with Crippen LogP contribution in [0.15, 0.2) is 77.9 Å². The van der Waals surface area contributed by atoms with Gasteiger partial charge < -0.3 is 45.3 Å². The van der Waals surface area contributed by atoms with Crippen molar-refractivity contribution in [3.8, 4) is 5.75 Å². The van der Waals surface area contributed by atoms with Crippen LogP contribution in [0.4, 0.5) is 11.4 Å². The van der Waals surface area contributed by atoms with E-state index in [0.29, 0.717) is 87.5 Å². The number of nitrogens with zero attached hydrogens (tertiary/aromatic N) is 6. The number of methoxy groups -OCH3 is 2. The first-order chi connectivity index (χ1) is 34.0. The fourth-order valence-electron chi connectivity index (χ4n) is 14.2. The molecular weight excluding hydrogens is 879 g/mol. The summed E-state index contributed by atoms with van der Waals surface area (Å²) < 4.78 is 28.7. The van der Waals surface area contributed by atoms with Crippen LogP contribution in [0, 0.1) is 11.3 Å². The molecule has 6 aliphatic rings. The third-order valence-electron chi connectivity index (χ3n) is 17.0. The standard InChI is InChI=1S/C52H63N9O8/c1-6-48(66)27-31-28-51(47(65)69-5,41-35(17-23-60(29-31)30-48)34-11-8-9-12-38(34)56-41)37-25-36-39(26-40(37)68-4)59(3)44-50(36)19-24-61-22-10-18-49(7-2,43(50)61)45(63)52(44,67)46(64)55-21-20-54-42(62)32-13-15-33(16-14-32)57-58-53/h8-16,18,25-26,31,43-45,56,63,66-67H,6-7,17,19-24,27-30H2,1-5H3,(H,54,62)(H,55,64)/i15T,16T. The lowest BCUT2D eigenvalue weighted by Crippen LogP contribution is -2.81. The summed E-state index contributed by atoms with van der Waals surface area (Å²) in [6.45, 7) is 6.80. The number of likely N-dealkylation sites (N-methyl/N-ethyl adjacent to an activating group) is 1. The Hall–Kier alpha value is -5.94. The van der Waals surface area contributed by atoms with Crippen LogP contribution >= 0.6 is 0 Å². The number of ether oxygens (including phenoxy) is 2. The second-order valence-electron chi connectivity index (χ2n) is 20.2. The maximum atomic E-state index is 15.5. The Morgan fingerprint density at radius 1 is 1.01 bits per heavy atom. The van der Waals surface area contributed by atoms with Crippen molar-refractivity contribution in [1.82, 2.24) is 25.4 Å². The van der Waals surface area contributed by atoms with Gasteiger partial charge in [0.1, 0.15) is 17.3 Å². The molecule has 17 heteroatoms. The van der Waals surface area contributed by atoms with E-state index in [1.165, 1.54) is 19.2 Å². The molecular formula is C52H63N9O8. The number of aliphatic hydroxyl groups excluding tert-OH is 1. The van der Waals surface area contributed by atoms with Gasteiger partial charge in [0.05, 0.1) is 28.6 Å². The van der Waals surface area contributed by atoms with E-state index in [1.54, 1.807) is 7.11 Å².